The molecule has 6 heteroatoms. The molecule has 0 spiro atoms. The summed E-state index contributed by atoms with van der Waals surface area (Å²) < 4.78 is 18.7. The SMILES string of the molecule is Cn1cccc1CN(Cc1ccc2c(c1)OCO2)CC(O)COc1ccccc1. The lowest BCUT2D eigenvalue weighted by Gasteiger charge is -2.25. The van der Waals surface area contributed by atoms with Crippen molar-refractivity contribution in [3.8, 4) is 17.2 Å². The van der Waals surface area contributed by atoms with Crippen LogP contribution in [0.4, 0.5) is 0 Å². The fourth-order valence-corrected chi connectivity index (χ4v) is 3.43. The molecule has 2 heterocycles. The van der Waals surface area contributed by atoms with Crippen LogP contribution in [0, 0.1) is 0 Å². The van der Waals surface area contributed by atoms with Gasteiger partial charge < -0.3 is 23.9 Å². The molecule has 4 rings (SSSR count). The minimum atomic E-state index is -0.607. The Balaban J connectivity index is 1.42. The predicted octanol–water partition coefficient (Wildman–Crippen LogP) is 3.20. The zero-order valence-corrected chi connectivity index (χ0v) is 16.5. The van der Waals surface area contributed by atoms with E-state index in [2.05, 4.69) is 15.5 Å². The highest BCUT2D eigenvalue weighted by atomic mass is 16.7. The lowest BCUT2D eigenvalue weighted by molar-refractivity contribution is 0.0621. The third-order valence-corrected chi connectivity index (χ3v) is 4.93. The molecule has 1 unspecified atom stereocenters. The molecular formula is C23H26N2O4. The van der Waals surface area contributed by atoms with Crippen molar-refractivity contribution in [2.45, 2.75) is 19.2 Å². The molecule has 1 aromatic heterocycles. The van der Waals surface area contributed by atoms with Crippen LogP contribution < -0.4 is 14.2 Å². The van der Waals surface area contributed by atoms with Crippen LogP contribution in [0.2, 0.25) is 0 Å². The molecule has 0 aliphatic carbocycles. The number of rotatable bonds is 9. The lowest BCUT2D eigenvalue weighted by Crippen LogP contribution is -2.35. The summed E-state index contributed by atoms with van der Waals surface area (Å²) in [6.07, 6.45) is 1.42. The first-order chi connectivity index (χ1) is 14.2. The number of hydrogen-bond donors (Lipinski definition) is 1. The van der Waals surface area contributed by atoms with Gasteiger partial charge in [0.05, 0.1) is 0 Å². The highest BCUT2D eigenvalue weighted by Gasteiger charge is 2.18. The van der Waals surface area contributed by atoms with Crippen molar-refractivity contribution in [3.05, 3.63) is 78.1 Å². The van der Waals surface area contributed by atoms with Crippen LogP contribution >= 0.6 is 0 Å². The molecule has 6 nitrogen and oxygen atoms in total. The van der Waals surface area contributed by atoms with Gasteiger partial charge in [-0.1, -0.05) is 24.3 Å². The summed E-state index contributed by atoms with van der Waals surface area (Å²) in [5, 5.41) is 10.6. The molecule has 1 aliphatic rings. The number of hydrogen-bond acceptors (Lipinski definition) is 5. The van der Waals surface area contributed by atoms with E-state index in [0.29, 0.717) is 13.1 Å². The molecule has 152 valence electrons. The van der Waals surface area contributed by atoms with E-state index < -0.39 is 6.10 Å². The van der Waals surface area contributed by atoms with Crippen molar-refractivity contribution < 1.29 is 19.3 Å². The van der Waals surface area contributed by atoms with E-state index in [4.69, 9.17) is 14.2 Å². The van der Waals surface area contributed by atoms with Crippen LogP contribution in [0.1, 0.15) is 11.3 Å². The first-order valence-corrected chi connectivity index (χ1v) is 9.74. The third kappa shape index (κ3) is 5.10. The number of aromatic nitrogens is 1. The second-order valence-corrected chi connectivity index (χ2v) is 7.25. The summed E-state index contributed by atoms with van der Waals surface area (Å²) in [5.41, 5.74) is 2.29. The number of para-hydroxylation sites is 1. The predicted molar refractivity (Wildman–Crippen MR) is 110 cm³/mol. The van der Waals surface area contributed by atoms with E-state index in [9.17, 15) is 5.11 Å². The van der Waals surface area contributed by atoms with Gasteiger partial charge in [-0.15, -0.1) is 0 Å². The Morgan fingerprint density at radius 3 is 2.66 bits per heavy atom. The molecule has 0 saturated heterocycles. The van der Waals surface area contributed by atoms with Crippen LogP contribution in [0.15, 0.2) is 66.9 Å². The highest BCUT2D eigenvalue weighted by molar-refractivity contribution is 5.44. The molecule has 3 aromatic rings. The molecule has 2 aromatic carbocycles. The van der Waals surface area contributed by atoms with Crippen LogP contribution in [-0.4, -0.2) is 40.6 Å². The van der Waals surface area contributed by atoms with E-state index in [0.717, 1.165) is 29.4 Å². The van der Waals surface area contributed by atoms with Crippen molar-refractivity contribution in [2.75, 3.05) is 19.9 Å². The van der Waals surface area contributed by atoms with Gasteiger partial charge in [-0.3, -0.25) is 4.90 Å². The van der Waals surface area contributed by atoms with E-state index in [1.807, 2.05) is 67.8 Å². The van der Waals surface area contributed by atoms with E-state index in [-0.39, 0.29) is 13.4 Å². The molecule has 0 saturated carbocycles. The topological polar surface area (TPSA) is 56.1 Å². The Morgan fingerprint density at radius 2 is 1.86 bits per heavy atom. The average Bonchev–Trinajstić information content (AvgIpc) is 3.36. The Bertz CT molecular complexity index is 926. The summed E-state index contributed by atoms with van der Waals surface area (Å²) >= 11 is 0. The number of nitrogens with zero attached hydrogens (tertiary/aromatic N) is 2. The van der Waals surface area contributed by atoms with Gasteiger partial charge in [0.25, 0.3) is 0 Å². The summed E-state index contributed by atoms with van der Waals surface area (Å²) in [6.45, 7) is 2.41. The van der Waals surface area contributed by atoms with Crippen molar-refractivity contribution in [1.82, 2.24) is 9.47 Å². The Hall–Kier alpha value is -2.96. The normalized spacial score (nSPS) is 13.6. The Morgan fingerprint density at radius 1 is 1.03 bits per heavy atom. The lowest BCUT2D eigenvalue weighted by atomic mass is 10.1. The molecule has 29 heavy (non-hydrogen) atoms. The van der Waals surface area contributed by atoms with Gasteiger partial charge in [0.15, 0.2) is 11.5 Å². The van der Waals surface area contributed by atoms with Crippen LogP contribution in [-0.2, 0) is 20.1 Å². The smallest absolute Gasteiger partial charge is 0.231 e. The number of aryl methyl sites for hydroxylation is 1. The molecular weight excluding hydrogens is 368 g/mol. The summed E-state index contributed by atoms with van der Waals surface area (Å²) in [6, 6.07) is 19.7. The second kappa shape index (κ2) is 9.03. The van der Waals surface area contributed by atoms with E-state index >= 15 is 0 Å². The summed E-state index contributed by atoms with van der Waals surface area (Å²) in [4.78, 5) is 2.21. The van der Waals surface area contributed by atoms with Gasteiger partial charge in [0.2, 0.25) is 6.79 Å². The summed E-state index contributed by atoms with van der Waals surface area (Å²) in [5.74, 6) is 2.31. The molecule has 1 atom stereocenters. The minimum absolute atomic E-state index is 0.245. The fraction of sp³-hybridized carbons (Fsp3) is 0.304. The van der Waals surface area contributed by atoms with Crippen LogP contribution in [0.5, 0.6) is 17.2 Å². The van der Waals surface area contributed by atoms with Crippen molar-refractivity contribution in [1.29, 1.82) is 0 Å². The maximum atomic E-state index is 10.6. The number of benzene rings is 2. The van der Waals surface area contributed by atoms with E-state index in [1.54, 1.807) is 0 Å². The largest absolute Gasteiger partial charge is 0.491 e. The standard InChI is InChI=1S/C23H26N2O4/c1-24-11-5-6-19(24)14-25(13-18-9-10-22-23(12-18)29-17-28-22)15-20(26)16-27-21-7-3-2-4-8-21/h2-12,20,26H,13-17H2,1H3. The monoisotopic (exact) mass is 394 g/mol. The second-order valence-electron chi connectivity index (χ2n) is 7.25. The Labute approximate surface area is 170 Å². The molecule has 0 bridgehead atoms. The van der Waals surface area contributed by atoms with Gasteiger partial charge in [-0.05, 0) is 42.0 Å². The maximum Gasteiger partial charge on any atom is 0.231 e. The van der Waals surface area contributed by atoms with Crippen molar-refractivity contribution in [2.24, 2.45) is 7.05 Å². The van der Waals surface area contributed by atoms with Gasteiger partial charge in [0.1, 0.15) is 18.5 Å². The molecule has 0 fully saturated rings. The zero-order chi connectivity index (χ0) is 20.1. The fourth-order valence-electron chi connectivity index (χ4n) is 3.43. The van der Waals surface area contributed by atoms with Gasteiger partial charge in [-0.2, -0.15) is 0 Å². The number of aliphatic hydroxyl groups is 1. The van der Waals surface area contributed by atoms with Gasteiger partial charge in [0, 0.05) is 38.6 Å². The highest BCUT2D eigenvalue weighted by Crippen LogP contribution is 2.33. The zero-order valence-electron chi connectivity index (χ0n) is 16.5. The molecule has 1 N–H and O–H groups in total. The minimum Gasteiger partial charge on any atom is -0.491 e. The third-order valence-electron chi connectivity index (χ3n) is 4.93. The first-order valence-electron chi connectivity index (χ1n) is 9.74. The van der Waals surface area contributed by atoms with Gasteiger partial charge in [-0.25, -0.2) is 0 Å². The van der Waals surface area contributed by atoms with Crippen molar-refractivity contribution >= 4 is 0 Å². The Kier molecular flexibility index (Phi) is 6.03. The number of ether oxygens (including phenoxy) is 3. The van der Waals surface area contributed by atoms with Gasteiger partial charge >= 0.3 is 0 Å². The average molecular weight is 394 g/mol. The molecule has 0 amide bonds. The maximum absolute atomic E-state index is 10.6. The van der Waals surface area contributed by atoms with Crippen LogP contribution in [0.3, 0.4) is 0 Å². The van der Waals surface area contributed by atoms with Crippen LogP contribution in [0.25, 0.3) is 0 Å². The summed E-state index contributed by atoms with van der Waals surface area (Å²) in [7, 11) is 2.03. The first kappa shape index (κ1) is 19.4. The number of fused-ring (bicyclic) bond motifs is 1. The molecule has 0 radical (unpaired) electrons. The quantitative estimate of drug-likeness (QED) is 0.604. The number of aliphatic hydroxyl groups excluding tert-OH is 1. The van der Waals surface area contributed by atoms with E-state index in [1.165, 1.54) is 5.69 Å². The molecule has 1 aliphatic heterocycles. The van der Waals surface area contributed by atoms with Crippen molar-refractivity contribution in [3.63, 3.8) is 0 Å².